The highest BCUT2D eigenvalue weighted by Crippen LogP contribution is 2.03. The van der Waals surface area contributed by atoms with Gasteiger partial charge in [-0.15, -0.1) is 0 Å². The summed E-state index contributed by atoms with van der Waals surface area (Å²) in [5.41, 5.74) is 5.08. The van der Waals surface area contributed by atoms with E-state index in [2.05, 4.69) is 5.32 Å². The molecular weight excluding hydrogens is 212 g/mol. The second kappa shape index (κ2) is 6.05. The van der Waals surface area contributed by atoms with Crippen molar-refractivity contribution in [1.82, 2.24) is 10.2 Å². The highest BCUT2D eigenvalue weighted by atomic mass is 16.5. The average Bonchev–Trinajstić information content (AvgIpc) is 2.35. The number of amides is 2. The van der Waals surface area contributed by atoms with Gasteiger partial charge in [-0.2, -0.15) is 5.26 Å². The molecule has 1 atom stereocenters. The van der Waals surface area contributed by atoms with Gasteiger partial charge in [0.05, 0.1) is 32.3 Å². The molecule has 16 heavy (non-hydrogen) atoms. The number of carbonyl (C=O) groups excluding carboxylic acids is 2. The van der Waals surface area contributed by atoms with Gasteiger partial charge in [0.15, 0.2) is 6.10 Å². The molecule has 1 aliphatic rings. The van der Waals surface area contributed by atoms with E-state index >= 15 is 0 Å². The summed E-state index contributed by atoms with van der Waals surface area (Å²) in [6.45, 7) is 0.795. The number of nitrogens with two attached hydrogens (primary N) is 1. The maximum Gasteiger partial charge on any atom is 0.242 e. The Kier molecular flexibility index (Phi) is 4.69. The molecule has 1 rings (SSSR count). The summed E-state index contributed by atoms with van der Waals surface area (Å²) in [5.74, 6) is -0.608. The van der Waals surface area contributed by atoms with Gasteiger partial charge in [-0.05, 0) is 0 Å². The zero-order valence-electron chi connectivity index (χ0n) is 8.81. The Hall–Kier alpha value is -1.65. The first kappa shape index (κ1) is 12.4. The molecule has 7 nitrogen and oxygen atoms in total. The number of morpholine rings is 1. The average molecular weight is 226 g/mol. The molecule has 1 unspecified atom stereocenters. The molecular formula is C9H14N4O3. The molecule has 0 bridgehead atoms. The molecule has 0 radical (unpaired) electrons. The van der Waals surface area contributed by atoms with Crippen LogP contribution in [0.3, 0.4) is 0 Å². The number of hydrogen-bond acceptors (Lipinski definition) is 5. The van der Waals surface area contributed by atoms with E-state index in [4.69, 9.17) is 15.7 Å². The van der Waals surface area contributed by atoms with Crippen molar-refractivity contribution in [3.05, 3.63) is 0 Å². The molecule has 1 saturated heterocycles. The number of nitriles is 1. The van der Waals surface area contributed by atoms with Crippen LogP contribution in [0.1, 0.15) is 0 Å². The van der Waals surface area contributed by atoms with Crippen molar-refractivity contribution in [2.45, 2.75) is 6.10 Å². The van der Waals surface area contributed by atoms with Crippen LogP contribution in [0.2, 0.25) is 0 Å². The lowest BCUT2D eigenvalue weighted by Gasteiger charge is -2.29. The molecule has 1 heterocycles. The van der Waals surface area contributed by atoms with Gasteiger partial charge in [0.1, 0.15) is 0 Å². The van der Waals surface area contributed by atoms with Gasteiger partial charge in [-0.1, -0.05) is 0 Å². The van der Waals surface area contributed by atoms with Crippen molar-refractivity contribution in [2.24, 2.45) is 5.73 Å². The molecule has 0 aromatic heterocycles. The number of nitrogens with one attached hydrogen (secondary N) is 1. The Morgan fingerprint density at radius 1 is 1.62 bits per heavy atom. The first-order valence-electron chi connectivity index (χ1n) is 4.93. The summed E-state index contributed by atoms with van der Waals surface area (Å²) >= 11 is 0. The molecule has 7 heteroatoms. The second-order valence-corrected chi connectivity index (χ2v) is 3.31. The van der Waals surface area contributed by atoms with Crippen LogP contribution in [0.4, 0.5) is 0 Å². The van der Waals surface area contributed by atoms with Crippen LogP contribution < -0.4 is 11.1 Å². The van der Waals surface area contributed by atoms with Gasteiger partial charge in [-0.3, -0.25) is 9.59 Å². The molecule has 3 N–H and O–H groups in total. The standard InChI is InChI=1S/C9H14N4O3/c10-3-7-6-13(1-2-16-7)9(15)5-12-8(14)4-11/h7H,1-2,4-6,11H2,(H,12,14). The van der Waals surface area contributed by atoms with Crippen molar-refractivity contribution in [1.29, 1.82) is 5.26 Å². The van der Waals surface area contributed by atoms with E-state index in [9.17, 15) is 9.59 Å². The van der Waals surface area contributed by atoms with Gasteiger partial charge in [0, 0.05) is 6.54 Å². The smallest absolute Gasteiger partial charge is 0.242 e. The van der Waals surface area contributed by atoms with E-state index < -0.39 is 6.10 Å². The van der Waals surface area contributed by atoms with Crippen molar-refractivity contribution in [3.63, 3.8) is 0 Å². The molecule has 0 aromatic rings. The van der Waals surface area contributed by atoms with Gasteiger partial charge in [0.25, 0.3) is 0 Å². The van der Waals surface area contributed by atoms with Gasteiger partial charge >= 0.3 is 0 Å². The minimum absolute atomic E-state index is 0.0891. The molecule has 88 valence electrons. The van der Waals surface area contributed by atoms with Crippen LogP contribution in [-0.2, 0) is 14.3 Å². The fraction of sp³-hybridized carbons (Fsp3) is 0.667. The zero-order valence-corrected chi connectivity index (χ0v) is 8.81. The van der Waals surface area contributed by atoms with Gasteiger partial charge < -0.3 is 20.7 Å². The van der Waals surface area contributed by atoms with Gasteiger partial charge in [-0.25, -0.2) is 0 Å². The lowest BCUT2D eigenvalue weighted by molar-refractivity contribution is -0.137. The van der Waals surface area contributed by atoms with Crippen molar-refractivity contribution < 1.29 is 14.3 Å². The summed E-state index contributed by atoms with van der Waals surface area (Å²) < 4.78 is 5.09. The van der Waals surface area contributed by atoms with Crippen molar-refractivity contribution in [2.75, 3.05) is 32.8 Å². The summed E-state index contributed by atoms with van der Waals surface area (Å²) in [6.07, 6.45) is -0.581. The van der Waals surface area contributed by atoms with Crippen LogP contribution in [0.5, 0.6) is 0 Å². The number of nitrogens with zero attached hydrogens (tertiary/aromatic N) is 2. The van der Waals surface area contributed by atoms with Crippen LogP contribution >= 0.6 is 0 Å². The SMILES string of the molecule is N#CC1CN(C(=O)CNC(=O)CN)CCO1. The van der Waals surface area contributed by atoms with Crippen LogP contribution in [0, 0.1) is 11.3 Å². The van der Waals surface area contributed by atoms with E-state index in [1.54, 1.807) is 0 Å². The third-order valence-electron chi connectivity index (χ3n) is 2.19. The van der Waals surface area contributed by atoms with E-state index in [-0.39, 0.29) is 31.4 Å². The summed E-state index contributed by atoms with van der Waals surface area (Å²) in [4.78, 5) is 23.9. The molecule has 1 fully saturated rings. The lowest BCUT2D eigenvalue weighted by Crippen LogP contribution is -2.49. The van der Waals surface area contributed by atoms with Crippen LogP contribution in [0.15, 0.2) is 0 Å². The second-order valence-electron chi connectivity index (χ2n) is 3.31. The summed E-state index contributed by atoms with van der Waals surface area (Å²) in [6, 6.07) is 1.94. The number of rotatable bonds is 3. The maximum atomic E-state index is 11.6. The van der Waals surface area contributed by atoms with Crippen molar-refractivity contribution >= 4 is 11.8 Å². The number of hydrogen-bond donors (Lipinski definition) is 2. The number of ether oxygens (including phenoxy) is 1. The molecule has 0 aliphatic carbocycles. The monoisotopic (exact) mass is 226 g/mol. The Bertz CT molecular complexity index is 312. The highest BCUT2D eigenvalue weighted by molar-refractivity contribution is 5.85. The Morgan fingerprint density at radius 3 is 3.00 bits per heavy atom. The zero-order chi connectivity index (χ0) is 12.0. The molecule has 0 spiro atoms. The lowest BCUT2D eigenvalue weighted by atomic mass is 10.3. The quantitative estimate of drug-likeness (QED) is 0.568. The summed E-state index contributed by atoms with van der Waals surface area (Å²) in [7, 11) is 0. The van der Waals surface area contributed by atoms with E-state index in [0.29, 0.717) is 13.2 Å². The largest absolute Gasteiger partial charge is 0.360 e. The van der Waals surface area contributed by atoms with E-state index in [0.717, 1.165) is 0 Å². The molecule has 1 aliphatic heterocycles. The highest BCUT2D eigenvalue weighted by Gasteiger charge is 2.23. The maximum absolute atomic E-state index is 11.6. The topological polar surface area (TPSA) is 108 Å². The molecule has 0 saturated carbocycles. The minimum Gasteiger partial charge on any atom is -0.360 e. The fourth-order valence-corrected chi connectivity index (χ4v) is 1.31. The van der Waals surface area contributed by atoms with E-state index in [1.807, 2.05) is 6.07 Å². The van der Waals surface area contributed by atoms with Crippen LogP contribution in [-0.4, -0.2) is 55.6 Å². The minimum atomic E-state index is -0.581. The fourth-order valence-electron chi connectivity index (χ4n) is 1.31. The van der Waals surface area contributed by atoms with Gasteiger partial charge in [0.2, 0.25) is 11.8 Å². The first-order chi connectivity index (χ1) is 7.67. The Labute approximate surface area is 93.1 Å². The van der Waals surface area contributed by atoms with Crippen molar-refractivity contribution in [3.8, 4) is 6.07 Å². The summed E-state index contributed by atoms with van der Waals surface area (Å²) in [5, 5.41) is 11.0. The number of carbonyl (C=O) groups is 2. The van der Waals surface area contributed by atoms with Crippen LogP contribution in [0.25, 0.3) is 0 Å². The Morgan fingerprint density at radius 2 is 2.38 bits per heavy atom. The first-order valence-corrected chi connectivity index (χ1v) is 4.93. The predicted octanol–water partition coefficient (Wildman–Crippen LogP) is -2.19. The molecule has 2 amide bonds. The Balaban J connectivity index is 2.36. The third kappa shape index (κ3) is 3.49. The molecule has 0 aromatic carbocycles. The van der Waals surface area contributed by atoms with E-state index in [1.165, 1.54) is 4.90 Å². The third-order valence-corrected chi connectivity index (χ3v) is 2.19. The predicted molar refractivity (Wildman–Crippen MR) is 54.0 cm³/mol. The normalized spacial score (nSPS) is 20.0.